The van der Waals surface area contributed by atoms with E-state index in [-0.39, 0.29) is 23.8 Å². The molecule has 0 aromatic heterocycles. The molecule has 1 heterocycles. The van der Waals surface area contributed by atoms with Crippen LogP contribution >= 0.6 is 0 Å². The Morgan fingerprint density at radius 1 is 1.21 bits per heavy atom. The summed E-state index contributed by atoms with van der Waals surface area (Å²) in [7, 11) is 0. The second kappa shape index (κ2) is 6.37. The molecule has 2 rings (SSSR count). The fourth-order valence-corrected chi connectivity index (χ4v) is 3.02. The normalized spacial score (nSPS) is 26.2. The predicted octanol–water partition coefficient (Wildman–Crippen LogP) is 0.631. The van der Waals surface area contributed by atoms with E-state index in [0.29, 0.717) is 6.54 Å². The lowest BCUT2D eigenvalue weighted by Gasteiger charge is -2.26. The number of hydrogen-bond acceptors (Lipinski definition) is 3. The zero-order chi connectivity index (χ0) is 13.8. The van der Waals surface area contributed by atoms with Gasteiger partial charge in [0.15, 0.2) is 0 Å². The van der Waals surface area contributed by atoms with Crippen LogP contribution in [0.2, 0.25) is 0 Å². The maximum absolute atomic E-state index is 12.4. The molecule has 19 heavy (non-hydrogen) atoms. The lowest BCUT2D eigenvalue weighted by Crippen LogP contribution is -2.45. The van der Waals surface area contributed by atoms with Crippen LogP contribution in [-0.2, 0) is 9.59 Å². The Labute approximate surface area is 114 Å². The average Bonchev–Trinajstić information content (AvgIpc) is 2.87. The van der Waals surface area contributed by atoms with Crippen molar-refractivity contribution in [2.24, 2.45) is 11.7 Å². The van der Waals surface area contributed by atoms with Crippen LogP contribution < -0.4 is 11.1 Å². The number of likely N-dealkylation sites (tertiary alicyclic amines) is 1. The molecule has 1 aliphatic carbocycles. The number of nitrogens with zero attached hydrogens (tertiary/aromatic N) is 1. The SMILES string of the molecule is C[C@H](N)C(=O)NC1CCN(C(=O)C2CCCCC2)C1. The van der Waals surface area contributed by atoms with Gasteiger partial charge >= 0.3 is 0 Å². The van der Waals surface area contributed by atoms with Crippen LogP contribution in [0, 0.1) is 5.92 Å². The van der Waals surface area contributed by atoms with Crippen LogP contribution in [0.3, 0.4) is 0 Å². The maximum Gasteiger partial charge on any atom is 0.236 e. The van der Waals surface area contributed by atoms with Crippen LogP contribution in [0.4, 0.5) is 0 Å². The molecule has 0 bridgehead atoms. The molecule has 0 spiro atoms. The zero-order valence-electron chi connectivity index (χ0n) is 11.7. The Morgan fingerprint density at radius 3 is 2.53 bits per heavy atom. The van der Waals surface area contributed by atoms with Gasteiger partial charge in [-0.05, 0) is 26.2 Å². The van der Waals surface area contributed by atoms with Crippen LogP contribution in [0.1, 0.15) is 45.4 Å². The fraction of sp³-hybridized carbons (Fsp3) is 0.857. The number of amides is 2. The van der Waals surface area contributed by atoms with E-state index in [1.807, 2.05) is 4.90 Å². The van der Waals surface area contributed by atoms with Gasteiger partial charge in [0.1, 0.15) is 0 Å². The first-order valence-electron chi connectivity index (χ1n) is 7.42. The third-order valence-electron chi connectivity index (χ3n) is 4.21. The average molecular weight is 267 g/mol. The van der Waals surface area contributed by atoms with Crippen LogP contribution in [-0.4, -0.2) is 41.9 Å². The first-order chi connectivity index (χ1) is 9.08. The van der Waals surface area contributed by atoms with Crippen molar-refractivity contribution in [2.75, 3.05) is 13.1 Å². The molecule has 1 aliphatic heterocycles. The molecule has 0 radical (unpaired) electrons. The van der Waals surface area contributed by atoms with E-state index in [0.717, 1.165) is 25.8 Å². The predicted molar refractivity (Wildman–Crippen MR) is 73.4 cm³/mol. The van der Waals surface area contributed by atoms with Gasteiger partial charge in [0.2, 0.25) is 11.8 Å². The Bertz CT molecular complexity index is 338. The van der Waals surface area contributed by atoms with E-state index in [1.165, 1.54) is 19.3 Å². The summed E-state index contributed by atoms with van der Waals surface area (Å²) in [6.07, 6.45) is 6.52. The van der Waals surface area contributed by atoms with Crippen molar-refractivity contribution in [3.05, 3.63) is 0 Å². The van der Waals surface area contributed by atoms with Crippen molar-refractivity contribution in [3.63, 3.8) is 0 Å². The van der Waals surface area contributed by atoms with Gasteiger partial charge in [-0.25, -0.2) is 0 Å². The Hall–Kier alpha value is -1.10. The van der Waals surface area contributed by atoms with Gasteiger partial charge in [-0.3, -0.25) is 9.59 Å². The third-order valence-corrected chi connectivity index (χ3v) is 4.21. The van der Waals surface area contributed by atoms with Crippen molar-refractivity contribution in [2.45, 2.75) is 57.5 Å². The van der Waals surface area contributed by atoms with E-state index in [2.05, 4.69) is 5.32 Å². The summed E-state index contributed by atoms with van der Waals surface area (Å²) in [4.78, 5) is 25.8. The number of nitrogens with one attached hydrogen (secondary N) is 1. The van der Waals surface area contributed by atoms with Gasteiger partial charge in [0.05, 0.1) is 6.04 Å². The highest BCUT2D eigenvalue weighted by Gasteiger charge is 2.32. The quantitative estimate of drug-likeness (QED) is 0.787. The second-order valence-electron chi connectivity index (χ2n) is 5.90. The standard InChI is InChI=1S/C14H25N3O2/c1-10(15)13(18)16-12-7-8-17(9-12)14(19)11-5-3-2-4-6-11/h10-12H,2-9,15H2,1H3,(H,16,18)/t10-,12?/m0/s1. The highest BCUT2D eigenvalue weighted by atomic mass is 16.2. The Balaban J connectivity index is 1.80. The summed E-state index contributed by atoms with van der Waals surface area (Å²) in [5.74, 6) is 0.380. The minimum atomic E-state index is -0.483. The molecule has 2 amide bonds. The lowest BCUT2D eigenvalue weighted by atomic mass is 9.88. The molecule has 5 heteroatoms. The smallest absolute Gasteiger partial charge is 0.236 e. The summed E-state index contributed by atoms with van der Waals surface area (Å²) in [6.45, 7) is 3.09. The topological polar surface area (TPSA) is 75.4 Å². The van der Waals surface area contributed by atoms with Crippen molar-refractivity contribution in [3.8, 4) is 0 Å². The molecular formula is C14H25N3O2. The molecule has 1 unspecified atom stereocenters. The van der Waals surface area contributed by atoms with Gasteiger partial charge in [0, 0.05) is 25.0 Å². The van der Waals surface area contributed by atoms with Gasteiger partial charge in [-0.15, -0.1) is 0 Å². The lowest BCUT2D eigenvalue weighted by molar-refractivity contribution is -0.135. The molecule has 2 atom stereocenters. The Kier molecular flexibility index (Phi) is 4.80. The van der Waals surface area contributed by atoms with Crippen molar-refractivity contribution in [1.82, 2.24) is 10.2 Å². The van der Waals surface area contributed by atoms with E-state index < -0.39 is 6.04 Å². The van der Waals surface area contributed by atoms with E-state index in [1.54, 1.807) is 6.92 Å². The highest BCUT2D eigenvalue weighted by molar-refractivity contribution is 5.82. The molecule has 2 fully saturated rings. The fourth-order valence-electron chi connectivity index (χ4n) is 3.02. The molecule has 3 N–H and O–H groups in total. The number of rotatable bonds is 3. The summed E-state index contributed by atoms with van der Waals surface area (Å²) in [5.41, 5.74) is 5.53. The highest BCUT2D eigenvalue weighted by Crippen LogP contribution is 2.26. The summed E-state index contributed by atoms with van der Waals surface area (Å²) in [5, 5.41) is 2.91. The molecular weight excluding hydrogens is 242 g/mol. The van der Waals surface area contributed by atoms with Gasteiger partial charge < -0.3 is 16.0 Å². The van der Waals surface area contributed by atoms with Gasteiger partial charge in [0.25, 0.3) is 0 Å². The summed E-state index contributed by atoms with van der Waals surface area (Å²) in [6, 6.07) is -0.408. The molecule has 1 saturated heterocycles. The van der Waals surface area contributed by atoms with Crippen LogP contribution in [0.5, 0.6) is 0 Å². The minimum Gasteiger partial charge on any atom is -0.350 e. The first kappa shape index (κ1) is 14.3. The van der Waals surface area contributed by atoms with E-state index in [4.69, 9.17) is 5.73 Å². The first-order valence-corrected chi connectivity index (χ1v) is 7.42. The zero-order valence-corrected chi connectivity index (χ0v) is 11.7. The number of carbonyl (C=O) groups is 2. The summed E-state index contributed by atoms with van der Waals surface area (Å²) >= 11 is 0. The van der Waals surface area contributed by atoms with Crippen molar-refractivity contribution >= 4 is 11.8 Å². The molecule has 5 nitrogen and oxygen atoms in total. The minimum absolute atomic E-state index is 0.0750. The largest absolute Gasteiger partial charge is 0.350 e. The molecule has 108 valence electrons. The van der Waals surface area contributed by atoms with Gasteiger partial charge in [-0.1, -0.05) is 19.3 Å². The van der Waals surface area contributed by atoms with E-state index in [9.17, 15) is 9.59 Å². The molecule has 2 aliphatic rings. The third kappa shape index (κ3) is 3.69. The van der Waals surface area contributed by atoms with Crippen molar-refractivity contribution in [1.29, 1.82) is 0 Å². The summed E-state index contributed by atoms with van der Waals surface area (Å²) < 4.78 is 0. The Morgan fingerprint density at radius 2 is 1.89 bits per heavy atom. The van der Waals surface area contributed by atoms with Crippen molar-refractivity contribution < 1.29 is 9.59 Å². The van der Waals surface area contributed by atoms with Crippen LogP contribution in [0.25, 0.3) is 0 Å². The number of hydrogen-bond donors (Lipinski definition) is 2. The number of carbonyl (C=O) groups excluding carboxylic acids is 2. The molecule has 0 aromatic carbocycles. The number of nitrogens with two attached hydrogens (primary N) is 1. The van der Waals surface area contributed by atoms with Crippen LogP contribution in [0.15, 0.2) is 0 Å². The monoisotopic (exact) mass is 267 g/mol. The maximum atomic E-state index is 12.4. The second-order valence-corrected chi connectivity index (χ2v) is 5.90. The van der Waals surface area contributed by atoms with E-state index >= 15 is 0 Å². The molecule has 0 aromatic rings. The molecule has 1 saturated carbocycles. The van der Waals surface area contributed by atoms with Gasteiger partial charge in [-0.2, -0.15) is 0 Å².